The first-order valence-electron chi connectivity index (χ1n) is 5.30. The lowest BCUT2D eigenvalue weighted by Gasteiger charge is -2.10. The molecule has 0 spiro atoms. The van der Waals surface area contributed by atoms with E-state index >= 15 is 0 Å². The van der Waals surface area contributed by atoms with Gasteiger partial charge in [0.1, 0.15) is 5.69 Å². The molecule has 6 heteroatoms. The van der Waals surface area contributed by atoms with Gasteiger partial charge in [-0.2, -0.15) is 0 Å². The Morgan fingerprint density at radius 1 is 0.895 bits per heavy atom. The van der Waals surface area contributed by atoms with Crippen LogP contribution in [-0.2, 0) is 6.54 Å². The van der Waals surface area contributed by atoms with Crippen LogP contribution in [0, 0.1) is 23.3 Å². The molecule has 1 N–H and O–H groups in total. The summed E-state index contributed by atoms with van der Waals surface area (Å²) in [5.41, 5.74) is -0.0907. The van der Waals surface area contributed by atoms with Crippen LogP contribution in [0.5, 0.6) is 0 Å². The predicted octanol–water partition coefficient (Wildman–Crippen LogP) is 4.62. The highest BCUT2D eigenvalue weighted by Crippen LogP contribution is 2.24. The third-order valence-electron chi connectivity index (χ3n) is 2.49. The average Bonchev–Trinajstić information content (AvgIpc) is 2.38. The van der Waals surface area contributed by atoms with Crippen molar-refractivity contribution in [3.8, 4) is 0 Å². The summed E-state index contributed by atoms with van der Waals surface area (Å²) in [5, 5.41) is 2.35. The number of benzene rings is 2. The van der Waals surface area contributed by atoms with Crippen LogP contribution in [0.2, 0.25) is 0 Å². The zero-order valence-corrected chi connectivity index (χ0v) is 11.1. The summed E-state index contributed by atoms with van der Waals surface area (Å²) in [7, 11) is 0. The first kappa shape index (κ1) is 13.9. The lowest BCUT2D eigenvalue weighted by Crippen LogP contribution is -2.07. The molecular weight excluding hydrogens is 326 g/mol. The molecule has 0 bridgehead atoms. The molecular formula is C13H8BrF4N. The molecule has 0 aliphatic rings. The zero-order chi connectivity index (χ0) is 14.0. The van der Waals surface area contributed by atoms with Crippen molar-refractivity contribution in [2.24, 2.45) is 0 Å². The van der Waals surface area contributed by atoms with E-state index in [0.717, 1.165) is 4.47 Å². The molecule has 0 radical (unpaired) electrons. The predicted molar refractivity (Wildman–Crippen MR) is 67.7 cm³/mol. The Morgan fingerprint density at radius 3 is 1.95 bits per heavy atom. The fraction of sp³-hybridized carbons (Fsp3) is 0.0769. The van der Waals surface area contributed by atoms with Gasteiger partial charge in [0.15, 0.2) is 23.3 Å². The third kappa shape index (κ3) is 3.07. The Hall–Kier alpha value is -1.56. The summed E-state index contributed by atoms with van der Waals surface area (Å²) in [6, 6.07) is 7.09. The van der Waals surface area contributed by atoms with E-state index in [1.54, 1.807) is 24.3 Å². The molecule has 0 aliphatic carbocycles. The standard InChI is InChI=1S/C13H8BrF4N/c14-8-3-1-7(2-4-8)6-19-13-11(17)9(15)5-10(16)12(13)18/h1-5,19H,6H2. The summed E-state index contributed by atoms with van der Waals surface area (Å²) in [5.74, 6) is -5.73. The first-order valence-corrected chi connectivity index (χ1v) is 6.09. The van der Waals surface area contributed by atoms with Crippen molar-refractivity contribution >= 4 is 21.6 Å². The summed E-state index contributed by atoms with van der Waals surface area (Å²) in [4.78, 5) is 0. The van der Waals surface area contributed by atoms with Crippen molar-refractivity contribution in [1.82, 2.24) is 0 Å². The molecule has 0 amide bonds. The number of rotatable bonds is 3. The summed E-state index contributed by atoms with van der Waals surface area (Å²) < 4.78 is 53.5. The van der Waals surface area contributed by atoms with Crippen molar-refractivity contribution in [1.29, 1.82) is 0 Å². The maximum atomic E-state index is 13.4. The highest BCUT2D eigenvalue weighted by molar-refractivity contribution is 9.10. The molecule has 19 heavy (non-hydrogen) atoms. The molecule has 0 unspecified atom stereocenters. The van der Waals surface area contributed by atoms with Gasteiger partial charge in [0.05, 0.1) is 0 Å². The fourth-order valence-electron chi connectivity index (χ4n) is 1.52. The highest BCUT2D eigenvalue weighted by atomic mass is 79.9. The topological polar surface area (TPSA) is 12.0 Å². The Morgan fingerprint density at radius 2 is 1.42 bits per heavy atom. The molecule has 0 atom stereocenters. The lowest BCUT2D eigenvalue weighted by molar-refractivity contribution is 0.458. The van der Waals surface area contributed by atoms with Gasteiger partial charge in [0.25, 0.3) is 0 Å². The Kier molecular flexibility index (Phi) is 4.09. The van der Waals surface area contributed by atoms with Crippen molar-refractivity contribution in [2.45, 2.75) is 6.54 Å². The lowest BCUT2D eigenvalue weighted by atomic mass is 10.2. The number of hydrogen-bond donors (Lipinski definition) is 1. The van der Waals surface area contributed by atoms with Gasteiger partial charge in [0.2, 0.25) is 0 Å². The van der Waals surface area contributed by atoms with Crippen molar-refractivity contribution < 1.29 is 17.6 Å². The Bertz CT molecular complexity index is 572. The number of hydrogen-bond acceptors (Lipinski definition) is 1. The summed E-state index contributed by atoms with van der Waals surface area (Å²) >= 11 is 3.24. The van der Waals surface area contributed by atoms with Gasteiger partial charge in [-0.15, -0.1) is 0 Å². The zero-order valence-electron chi connectivity index (χ0n) is 9.48. The average molecular weight is 334 g/mol. The van der Waals surface area contributed by atoms with E-state index in [9.17, 15) is 17.6 Å². The second-order valence-corrected chi connectivity index (χ2v) is 4.74. The van der Waals surface area contributed by atoms with Crippen LogP contribution in [-0.4, -0.2) is 0 Å². The van der Waals surface area contributed by atoms with Crippen LogP contribution in [0.4, 0.5) is 23.2 Å². The van der Waals surface area contributed by atoms with Crippen LogP contribution < -0.4 is 5.32 Å². The number of nitrogens with one attached hydrogen (secondary N) is 1. The first-order chi connectivity index (χ1) is 8.99. The Labute approximate surface area is 115 Å². The summed E-state index contributed by atoms with van der Waals surface area (Å²) in [6.45, 7) is 0.0456. The maximum Gasteiger partial charge on any atom is 0.185 e. The van der Waals surface area contributed by atoms with Gasteiger partial charge >= 0.3 is 0 Å². The van der Waals surface area contributed by atoms with Crippen LogP contribution in [0.15, 0.2) is 34.8 Å². The van der Waals surface area contributed by atoms with E-state index in [1.807, 2.05) is 0 Å². The molecule has 100 valence electrons. The minimum absolute atomic E-state index is 0.0456. The van der Waals surface area contributed by atoms with Crippen LogP contribution in [0.3, 0.4) is 0 Å². The largest absolute Gasteiger partial charge is 0.376 e. The van der Waals surface area contributed by atoms with E-state index in [-0.39, 0.29) is 12.6 Å². The summed E-state index contributed by atoms with van der Waals surface area (Å²) in [6.07, 6.45) is 0. The van der Waals surface area contributed by atoms with Crippen LogP contribution in [0.25, 0.3) is 0 Å². The normalized spacial score (nSPS) is 10.6. The highest BCUT2D eigenvalue weighted by Gasteiger charge is 2.18. The monoisotopic (exact) mass is 333 g/mol. The fourth-order valence-corrected chi connectivity index (χ4v) is 1.79. The minimum atomic E-state index is -1.43. The van der Waals surface area contributed by atoms with Crippen LogP contribution >= 0.6 is 15.9 Å². The molecule has 0 saturated heterocycles. The SMILES string of the molecule is Fc1cc(F)c(F)c(NCc2ccc(Br)cc2)c1F. The number of halogens is 5. The van der Waals surface area contributed by atoms with Gasteiger partial charge < -0.3 is 5.32 Å². The van der Waals surface area contributed by atoms with Crippen molar-refractivity contribution in [3.05, 3.63) is 63.6 Å². The van der Waals surface area contributed by atoms with E-state index in [2.05, 4.69) is 21.2 Å². The molecule has 0 fully saturated rings. The van der Waals surface area contributed by atoms with E-state index in [0.29, 0.717) is 5.56 Å². The van der Waals surface area contributed by atoms with Gasteiger partial charge in [0, 0.05) is 17.1 Å². The Balaban J connectivity index is 2.22. The van der Waals surface area contributed by atoms with Gasteiger partial charge in [-0.05, 0) is 17.7 Å². The van der Waals surface area contributed by atoms with E-state index in [1.165, 1.54) is 0 Å². The third-order valence-corrected chi connectivity index (χ3v) is 3.02. The molecule has 0 saturated carbocycles. The van der Waals surface area contributed by atoms with Gasteiger partial charge in [-0.3, -0.25) is 0 Å². The van der Waals surface area contributed by atoms with E-state index in [4.69, 9.17) is 0 Å². The molecule has 0 aromatic heterocycles. The molecule has 2 aromatic rings. The van der Waals surface area contributed by atoms with E-state index < -0.39 is 29.0 Å². The second-order valence-electron chi connectivity index (χ2n) is 3.82. The van der Waals surface area contributed by atoms with Gasteiger partial charge in [-0.25, -0.2) is 17.6 Å². The maximum absolute atomic E-state index is 13.4. The molecule has 0 aliphatic heterocycles. The smallest absolute Gasteiger partial charge is 0.185 e. The molecule has 2 aromatic carbocycles. The minimum Gasteiger partial charge on any atom is -0.376 e. The van der Waals surface area contributed by atoms with Gasteiger partial charge in [-0.1, -0.05) is 28.1 Å². The second kappa shape index (κ2) is 5.61. The molecule has 1 nitrogen and oxygen atoms in total. The number of anilines is 1. The molecule has 0 heterocycles. The quantitative estimate of drug-likeness (QED) is 0.638. The van der Waals surface area contributed by atoms with Crippen LogP contribution in [0.1, 0.15) is 5.56 Å². The molecule has 2 rings (SSSR count). The van der Waals surface area contributed by atoms with Crippen molar-refractivity contribution in [3.63, 3.8) is 0 Å². The van der Waals surface area contributed by atoms with Crippen molar-refractivity contribution in [2.75, 3.05) is 5.32 Å².